The zero-order valence-corrected chi connectivity index (χ0v) is 10.9. The van der Waals surface area contributed by atoms with E-state index in [0.29, 0.717) is 23.3 Å². The molecule has 2 aromatic rings. The monoisotopic (exact) mass is 258 g/mol. The molecule has 4 heteroatoms. The lowest BCUT2D eigenvalue weighted by molar-refractivity contribution is -0.131. The van der Waals surface area contributed by atoms with Crippen LogP contribution in [0.25, 0.3) is 11.0 Å². The first-order chi connectivity index (χ1) is 9.02. The van der Waals surface area contributed by atoms with E-state index in [0.717, 1.165) is 10.9 Å². The number of carbonyl (C=O) groups is 1. The Bertz CT molecular complexity index is 710. The van der Waals surface area contributed by atoms with Gasteiger partial charge in [-0.15, -0.1) is 6.58 Å². The van der Waals surface area contributed by atoms with Crippen LogP contribution in [0.2, 0.25) is 0 Å². The first-order valence-corrected chi connectivity index (χ1v) is 5.88. The van der Waals surface area contributed by atoms with Crippen molar-refractivity contribution in [3.8, 4) is 5.75 Å². The van der Waals surface area contributed by atoms with E-state index >= 15 is 0 Å². The molecule has 0 atom stereocenters. The minimum atomic E-state index is -0.421. The Morgan fingerprint density at radius 3 is 2.84 bits per heavy atom. The molecule has 1 aromatic heterocycles. The number of benzene rings is 1. The van der Waals surface area contributed by atoms with Crippen LogP contribution >= 0.6 is 0 Å². The highest BCUT2D eigenvalue weighted by Crippen LogP contribution is 2.29. The van der Waals surface area contributed by atoms with Crippen LogP contribution in [0.15, 0.2) is 40.1 Å². The van der Waals surface area contributed by atoms with Crippen LogP contribution in [0.4, 0.5) is 0 Å². The Hall–Kier alpha value is -2.36. The maximum absolute atomic E-state index is 11.5. The summed E-state index contributed by atoms with van der Waals surface area (Å²) in [6.07, 6.45) is 2.12. The molecule has 0 aliphatic rings. The molecule has 0 spiro atoms. The molecule has 4 nitrogen and oxygen atoms in total. The molecule has 0 aliphatic carbocycles. The summed E-state index contributed by atoms with van der Waals surface area (Å²) in [6, 6.07) is 4.92. The summed E-state index contributed by atoms with van der Waals surface area (Å²) in [4.78, 5) is 22.6. The fraction of sp³-hybridized carbons (Fsp3) is 0.200. The van der Waals surface area contributed by atoms with E-state index in [1.807, 2.05) is 6.92 Å². The topological polar surface area (TPSA) is 56.5 Å². The third kappa shape index (κ3) is 2.57. The Labute approximate surface area is 110 Å². The van der Waals surface area contributed by atoms with Crippen molar-refractivity contribution in [1.29, 1.82) is 0 Å². The predicted molar refractivity (Wildman–Crippen MR) is 72.4 cm³/mol. The summed E-state index contributed by atoms with van der Waals surface area (Å²) < 4.78 is 10.4. The number of carbonyl (C=O) groups excluding carboxylic acids is 1. The highest BCUT2D eigenvalue weighted by atomic mass is 16.5. The van der Waals surface area contributed by atoms with Gasteiger partial charge in [-0.25, -0.2) is 4.79 Å². The second-order valence-electron chi connectivity index (χ2n) is 4.25. The largest absolute Gasteiger partial charge is 0.426 e. The Morgan fingerprint density at radius 2 is 2.21 bits per heavy atom. The summed E-state index contributed by atoms with van der Waals surface area (Å²) >= 11 is 0. The van der Waals surface area contributed by atoms with Crippen LogP contribution in [-0.4, -0.2) is 5.97 Å². The molecule has 0 amide bonds. The lowest BCUT2D eigenvalue weighted by atomic mass is 10.0. The van der Waals surface area contributed by atoms with E-state index in [1.54, 1.807) is 18.2 Å². The number of ether oxygens (including phenoxy) is 1. The Balaban J connectivity index is 2.78. The van der Waals surface area contributed by atoms with Gasteiger partial charge in [0.05, 0.1) is 0 Å². The number of rotatable bonds is 3. The Morgan fingerprint density at radius 1 is 1.47 bits per heavy atom. The summed E-state index contributed by atoms with van der Waals surface area (Å²) in [7, 11) is 0. The maximum atomic E-state index is 11.5. The highest BCUT2D eigenvalue weighted by Gasteiger charge is 2.13. The Kier molecular flexibility index (Phi) is 3.51. The zero-order chi connectivity index (χ0) is 14.0. The fourth-order valence-electron chi connectivity index (χ4n) is 2.01. The average molecular weight is 258 g/mol. The van der Waals surface area contributed by atoms with Crippen molar-refractivity contribution in [2.75, 3.05) is 0 Å². The number of hydrogen-bond acceptors (Lipinski definition) is 4. The zero-order valence-electron chi connectivity index (χ0n) is 10.9. The molecular weight excluding hydrogens is 244 g/mol. The SMILES string of the molecule is C=CCc1c(OC(C)=O)ccc2c(C)cc(=O)oc12. The summed E-state index contributed by atoms with van der Waals surface area (Å²) in [5.74, 6) is -0.0201. The third-order valence-electron chi connectivity index (χ3n) is 2.78. The van der Waals surface area contributed by atoms with Gasteiger partial charge < -0.3 is 9.15 Å². The van der Waals surface area contributed by atoms with E-state index in [2.05, 4.69) is 6.58 Å². The normalized spacial score (nSPS) is 10.4. The molecule has 98 valence electrons. The van der Waals surface area contributed by atoms with Crippen LogP contribution < -0.4 is 10.4 Å². The number of esters is 1. The second-order valence-corrected chi connectivity index (χ2v) is 4.25. The van der Waals surface area contributed by atoms with Gasteiger partial charge in [-0.2, -0.15) is 0 Å². The lowest BCUT2D eigenvalue weighted by Crippen LogP contribution is -2.06. The molecule has 1 aromatic carbocycles. The quantitative estimate of drug-likeness (QED) is 0.367. The molecule has 1 heterocycles. The molecule has 0 saturated carbocycles. The van der Waals surface area contributed by atoms with Crippen LogP contribution in [0, 0.1) is 6.92 Å². The minimum Gasteiger partial charge on any atom is -0.426 e. The van der Waals surface area contributed by atoms with E-state index in [1.165, 1.54) is 13.0 Å². The standard InChI is InChI=1S/C15H14O4/c1-4-5-12-13(18-10(3)16)7-6-11-9(2)8-14(17)19-15(11)12/h4,6-8H,1,5H2,2-3H3. The number of allylic oxidation sites excluding steroid dienone is 1. The first kappa shape index (κ1) is 13.1. The van der Waals surface area contributed by atoms with Gasteiger partial charge in [0.15, 0.2) is 0 Å². The maximum Gasteiger partial charge on any atom is 0.336 e. The van der Waals surface area contributed by atoms with Gasteiger partial charge >= 0.3 is 11.6 Å². The van der Waals surface area contributed by atoms with Crippen molar-refractivity contribution in [2.24, 2.45) is 0 Å². The molecule has 0 unspecified atom stereocenters. The molecular formula is C15H14O4. The van der Waals surface area contributed by atoms with Crippen molar-refractivity contribution < 1.29 is 13.9 Å². The predicted octanol–water partition coefficient (Wildman–Crippen LogP) is 2.76. The van der Waals surface area contributed by atoms with Crippen molar-refractivity contribution >= 4 is 16.9 Å². The number of aryl methyl sites for hydroxylation is 1. The van der Waals surface area contributed by atoms with Crippen LogP contribution in [-0.2, 0) is 11.2 Å². The molecule has 0 aliphatic heterocycles. The van der Waals surface area contributed by atoms with Gasteiger partial charge in [-0.05, 0) is 31.0 Å². The highest BCUT2D eigenvalue weighted by molar-refractivity contribution is 5.86. The molecule has 0 saturated heterocycles. The van der Waals surface area contributed by atoms with Gasteiger partial charge in [0.25, 0.3) is 0 Å². The second kappa shape index (κ2) is 5.10. The van der Waals surface area contributed by atoms with E-state index < -0.39 is 11.6 Å². The molecule has 0 radical (unpaired) electrons. The molecule has 0 bridgehead atoms. The van der Waals surface area contributed by atoms with E-state index in [4.69, 9.17) is 9.15 Å². The van der Waals surface area contributed by atoms with E-state index in [-0.39, 0.29) is 0 Å². The number of hydrogen-bond donors (Lipinski definition) is 0. The first-order valence-electron chi connectivity index (χ1n) is 5.88. The third-order valence-corrected chi connectivity index (χ3v) is 2.78. The van der Waals surface area contributed by atoms with Crippen LogP contribution in [0.3, 0.4) is 0 Å². The van der Waals surface area contributed by atoms with Gasteiger partial charge in [0.1, 0.15) is 11.3 Å². The number of fused-ring (bicyclic) bond motifs is 1. The molecule has 19 heavy (non-hydrogen) atoms. The van der Waals surface area contributed by atoms with Gasteiger partial charge in [-0.3, -0.25) is 4.79 Å². The van der Waals surface area contributed by atoms with E-state index in [9.17, 15) is 9.59 Å². The van der Waals surface area contributed by atoms with Gasteiger partial charge in [0.2, 0.25) is 0 Å². The molecule has 0 N–H and O–H groups in total. The smallest absolute Gasteiger partial charge is 0.336 e. The van der Waals surface area contributed by atoms with Crippen molar-refractivity contribution in [3.05, 3.63) is 52.4 Å². The molecule has 0 fully saturated rings. The summed E-state index contributed by atoms with van der Waals surface area (Å²) in [5.41, 5.74) is 1.51. The molecule has 2 rings (SSSR count). The average Bonchev–Trinajstić information content (AvgIpc) is 2.31. The van der Waals surface area contributed by atoms with Gasteiger partial charge in [-0.1, -0.05) is 6.08 Å². The summed E-state index contributed by atoms with van der Waals surface area (Å²) in [5, 5.41) is 0.826. The van der Waals surface area contributed by atoms with Crippen molar-refractivity contribution in [1.82, 2.24) is 0 Å². The van der Waals surface area contributed by atoms with Gasteiger partial charge in [0, 0.05) is 23.9 Å². The van der Waals surface area contributed by atoms with Crippen LogP contribution in [0.5, 0.6) is 5.75 Å². The lowest BCUT2D eigenvalue weighted by Gasteiger charge is -2.10. The van der Waals surface area contributed by atoms with Crippen molar-refractivity contribution in [2.45, 2.75) is 20.3 Å². The van der Waals surface area contributed by atoms with Crippen molar-refractivity contribution in [3.63, 3.8) is 0 Å². The fourth-order valence-corrected chi connectivity index (χ4v) is 2.01. The van der Waals surface area contributed by atoms with Crippen LogP contribution in [0.1, 0.15) is 18.1 Å². The minimum absolute atomic E-state index is 0.397. The summed E-state index contributed by atoms with van der Waals surface area (Å²) in [6.45, 7) is 6.83.